The van der Waals surface area contributed by atoms with Crippen LogP contribution >= 0.6 is 0 Å². The maximum Gasteiger partial charge on any atom is 0.432 e. The molecule has 16 heavy (non-hydrogen) atoms. The molecule has 0 spiro atoms. The Morgan fingerprint density at radius 3 is 2.69 bits per heavy atom. The molecule has 1 aromatic heterocycles. The predicted molar refractivity (Wildman–Crippen MR) is 46.6 cm³/mol. The van der Waals surface area contributed by atoms with Crippen molar-refractivity contribution in [3.63, 3.8) is 0 Å². The monoisotopic (exact) mass is 235 g/mol. The van der Waals surface area contributed by atoms with Crippen LogP contribution < -0.4 is 4.90 Å². The molecule has 2 rings (SSSR count). The first kappa shape index (κ1) is 10.9. The molecule has 0 saturated carbocycles. The molecule has 2 N–H and O–H groups in total. The molecule has 1 unspecified atom stereocenters. The van der Waals surface area contributed by atoms with E-state index in [1.54, 1.807) is 0 Å². The van der Waals surface area contributed by atoms with E-state index in [9.17, 15) is 23.1 Å². The van der Waals surface area contributed by atoms with E-state index < -0.39 is 23.9 Å². The summed E-state index contributed by atoms with van der Waals surface area (Å²) < 4.78 is 36.7. The number of aliphatic hydroxyl groups excluding tert-OH is 1. The van der Waals surface area contributed by atoms with Crippen molar-refractivity contribution in [1.29, 1.82) is 0 Å². The van der Waals surface area contributed by atoms with Crippen LogP contribution in [0.1, 0.15) is 12.1 Å². The number of aliphatic hydroxyl groups is 1. The van der Waals surface area contributed by atoms with Gasteiger partial charge in [0.15, 0.2) is 5.82 Å². The smallest absolute Gasteiger partial charge is 0.391 e. The summed E-state index contributed by atoms with van der Waals surface area (Å²) in [6.45, 7) is -0.0268. The number of β-amino-alcohol motifs (C(OH)–C–C–N with tert-alkyl or cyclic N) is 1. The van der Waals surface area contributed by atoms with E-state index in [0.717, 1.165) is 11.0 Å². The van der Waals surface area contributed by atoms with Crippen molar-refractivity contribution in [2.24, 2.45) is 0 Å². The zero-order chi connectivity index (χ0) is 11.9. The zero-order valence-corrected chi connectivity index (χ0v) is 7.95. The Hall–Kier alpha value is -1.57. The van der Waals surface area contributed by atoms with E-state index in [2.05, 4.69) is 5.10 Å². The van der Waals surface area contributed by atoms with Gasteiger partial charge in [0.25, 0.3) is 0 Å². The molecule has 2 heterocycles. The molecule has 1 fully saturated rings. The largest absolute Gasteiger partial charge is 0.432 e. The van der Waals surface area contributed by atoms with Crippen LogP contribution in [0.4, 0.5) is 19.0 Å². The van der Waals surface area contributed by atoms with Gasteiger partial charge in [-0.2, -0.15) is 18.3 Å². The van der Waals surface area contributed by atoms with Crippen molar-refractivity contribution in [2.75, 3.05) is 11.4 Å². The number of carbonyl (C=O) groups excluding carboxylic acids is 1. The summed E-state index contributed by atoms with van der Waals surface area (Å²) in [5, 5.41) is 14.4. The van der Waals surface area contributed by atoms with Crippen molar-refractivity contribution in [3.05, 3.63) is 11.8 Å². The van der Waals surface area contributed by atoms with Gasteiger partial charge in [-0.15, -0.1) is 0 Å². The first-order valence-corrected chi connectivity index (χ1v) is 4.49. The maximum absolute atomic E-state index is 12.2. The molecule has 0 radical (unpaired) electrons. The molecule has 0 aliphatic carbocycles. The van der Waals surface area contributed by atoms with Crippen LogP contribution in [0.5, 0.6) is 0 Å². The number of halogens is 3. The molecule has 1 atom stereocenters. The maximum atomic E-state index is 12.2. The third-order valence-electron chi connectivity index (χ3n) is 2.25. The van der Waals surface area contributed by atoms with E-state index in [0.29, 0.717) is 0 Å². The first-order chi connectivity index (χ1) is 7.38. The lowest BCUT2D eigenvalue weighted by atomic mass is 10.3. The fourth-order valence-electron chi connectivity index (χ4n) is 1.50. The summed E-state index contributed by atoms with van der Waals surface area (Å²) in [4.78, 5) is 12.3. The normalized spacial score (nSPS) is 21.9. The number of nitrogens with zero attached hydrogens (tertiary/aromatic N) is 2. The van der Waals surface area contributed by atoms with E-state index >= 15 is 0 Å². The highest BCUT2D eigenvalue weighted by Gasteiger charge is 2.36. The number of hydrogen-bond acceptors (Lipinski definition) is 3. The van der Waals surface area contributed by atoms with Crippen molar-refractivity contribution in [3.8, 4) is 0 Å². The number of anilines is 1. The molecule has 1 aliphatic rings. The predicted octanol–water partition coefficient (Wildman–Crippen LogP) is 0.526. The van der Waals surface area contributed by atoms with Gasteiger partial charge in [-0.25, -0.2) is 0 Å². The lowest BCUT2D eigenvalue weighted by Gasteiger charge is -2.10. The standard InChI is InChI=1S/C8H8F3N3O2/c9-8(10,11)5-2-6(13-12-5)14-3-4(15)1-7(14)16/h2,4,15H,1,3H2,(H,12,13). The quantitative estimate of drug-likeness (QED) is 0.745. The van der Waals surface area contributed by atoms with Crippen LogP contribution in [-0.2, 0) is 11.0 Å². The Bertz CT molecular complexity index is 415. The minimum atomic E-state index is -4.52. The first-order valence-electron chi connectivity index (χ1n) is 4.49. The fourth-order valence-corrected chi connectivity index (χ4v) is 1.50. The van der Waals surface area contributed by atoms with Gasteiger partial charge < -0.3 is 5.11 Å². The summed E-state index contributed by atoms with van der Waals surface area (Å²) in [5.74, 6) is -0.554. The number of carbonyl (C=O) groups is 1. The van der Waals surface area contributed by atoms with E-state index in [1.807, 2.05) is 5.10 Å². The minimum absolute atomic E-state index is 0.0268. The molecule has 8 heteroatoms. The van der Waals surface area contributed by atoms with Crippen molar-refractivity contribution >= 4 is 11.7 Å². The number of aromatic amines is 1. The lowest BCUT2D eigenvalue weighted by molar-refractivity contribution is -0.141. The third-order valence-corrected chi connectivity index (χ3v) is 2.25. The number of amides is 1. The topological polar surface area (TPSA) is 69.2 Å². The highest BCUT2D eigenvalue weighted by atomic mass is 19.4. The van der Waals surface area contributed by atoms with Gasteiger partial charge >= 0.3 is 6.18 Å². The molecule has 1 aliphatic heterocycles. The van der Waals surface area contributed by atoms with Crippen LogP contribution in [0, 0.1) is 0 Å². The van der Waals surface area contributed by atoms with Gasteiger partial charge in [0, 0.05) is 6.07 Å². The summed E-state index contributed by atoms with van der Waals surface area (Å²) in [6.07, 6.45) is -5.46. The Kier molecular flexibility index (Phi) is 2.38. The van der Waals surface area contributed by atoms with E-state index in [1.165, 1.54) is 0 Å². The molecular formula is C8H8F3N3O2. The average molecular weight is 235 g/mol. The Balaban J connectivity index is 2.23. The molecule has 0 bridgehead atoms. The molecule has 0 aromatic carbocycles. The summed E-state index contributed by atoms with van der Waals surface area (Å²) >= 11 is 0. The Morgan fingerprint density at radius 1 is 1.56 bits per heavy atom. The summed E-state index contributed by atoms with van der Waals surface area (Å²) in [6, 6.07) is 0.746. The SMILES string of the molecule is O=C1CC(O)CN1c1cc(C(F)(F)F)[nH]n1. The minimum Gasteiger partial charge on any atom is -0.391 e. The highest BCUT2D eigenvalue weighted by molar-refractivity contribution is 5.95. The Morgan fingerprint density at radius 2 is 2.25 bits per heavy atom. The van der Waals surface area contributed by atoms with Crippen LogP contribution in [0.25, 0.3) is 0 Å². The van der Waals surface area contributed by atoms with Crippen LogP contribution in [0.3, 0.4) is 0 Å². The third kappa shape index (κ3) is 1.87. The second-order valence-corrected chi connectivity index (χ2v) is 3.50. The fraction of sp³-hybridized carbons (Fsp3) is 0.500. The van der Waals surface area contributed by atoms with E-state index in [4.69, 9.17) is 0 Å². The average Bonchev–Trinajstić information content (AvgIpc) is 2.70. The zero-order valence-electron chi connectivity index (χ0n) is 7.95. The van der Waals surface area contributed by atoms with Crippen LogP contribution in [0.2, 0.25) is 0 Å². The van der Waals surface area contributed by atoms with Gasteiger partial charge in [0.05, 0.1) is 19.1 Å². The molecule has 1 aromatic rings. The van der Waals surface area contributed by atoms with E-state index in [-0.39, 0.29) is 18.8 Å². The summed E-state index contributed by atoms with van der Waals surface area (Å²) in [7, 11) is 0. The van der Waals surface area contributed by atoms with Crippen molar-refractivity contribution in [1.82, 2.24) is 10.2 Å². The van der Waals surface area contributed by atoms with Crippen LogP contribution in [-0.4, -0.2) is 33.9 Å². The number of H-pyrrole nitrogens is 1. The second kappa shape index (κ2) is 3.48. The van der Waals surface area contributed by atoms with Crippen molar-refractivity contribution < 1.29 is 23.1 Å². The molecule has 5 nitrogen and oxygen atoms in total. The van der Waals surface area contributed by atoms with Gasteiger partial charge in [0.2, 0.25) is 5.91 Å². The number of nitrogens with one attached hydrogen (secondary N) is 1. The second-order valence-electron chi connectivity index (χ2n) is 3.50. The highest BCUT2D eigenvalue weighted by Crippen LogP contribution is 2.30. The number of rotatable bonds is 1. The van der Waals surface area contributed by atoms with Gasteiger partial charge in [-0.1, -0.05) is 0 Å². The number of alkyl halides is 3. The van der Waals surface area contributed by atoms with Gasteiger partial charge in [0.1, 0.15) is 5.69 Å². The summed E-state index contributed by atoms with van der Waals surface area (Å²) in [5.41, 5.74) is -1.02. The van der Waals surface area contributed by atoms with Gasteiger partial charge in [-0.3, -0.25) is 14.8 Å². The molecule has 1 saturated heterocycles. The van der Waals surface area contributed by atoms with Crippen molar-refractivity contribution in [2.45, 2.75) is 18.7 Å². The lowest BCUT2D eigenvalue weighted by Crippen LogP contribution is -2.25. The number of hydrogen-bond donors (Lipinski definition) is 2. The number of aromatic nitrogens is 2. The Labute approximate surface area is 87.9 Å². The molecular weight excluding hydrogens is 227 g/mol. The molecule has 88 valence electrons. The van der Waals surface area contributed by atoms with Gasteiger partial charge in [-0.05, 0) is 0 Å². The van der Waals surface area contributed by atoms with Crippen LogP contribution in [0.15, 0.2) is 6.07 Å². The molecule has 1 amide bonds.